The van der Waals surface area contributed by atoms with Crippen LogP contribution in [0.5, 0.6) is 5.75 Å². The summed E-state index contributed by atoms with van der Waals surface area (Å²) >= 11 is 0. The number of halogens is 1. The van der Waals surface area contributed by atoms with Crippen LogP contribution in [0, 0.1) is 11.7 Å². The SMILES string of the molecule is CC(C)OC(=O)N1CCC(COc2ccc(-c3ccc(S(C)(=O)=O)cn3)cc2F)CC1. The molecule has 1 fully saturated rings. The lowest BCUT2D eigenvalue weighted by Gasteiger charge is -2.31. The molecular formula is C22H27FN2O5S. The summed E-state index contributed by atoms with van der Waals surface area (Å²) in [7, 11) is -3.33. The zero-order chi connectivity index (χ0) is 22.6. The number of aromatic nitrogens is 1. The number of ether oxygens (including phenoxy) is 2. The third-order valence-corrected chi connectivity index (χ3v) is 6.17. The first kappa shape index (κ1) is 23.0. The predicted octanol–water partition coefficient (Wildman–Crippen LogP) is 3.93. The second-order valence-electron chi connectivity index (χ2n) is 7.97. The van der Waals surface area contributed by atoms with E-state index in [9.17, 15) is 17.6 Å². The van der Waals surface area contributed by atoms with Crippen molar-refractivity contribution in [1.82, 2.24) is 9.88 Å². The van der Waals surface area contributed by atoms with Crippen molar-refractivity contribution in [2.75, 3.05) is 26.0 Å². The molecule has 3 rings (SSSR count). The van der Waals surface area contributed by atoms with E-state index in [1.807, 2.05) is 13.8 Å². The molecule has 0 aliphatic carbocycles. The minimum atomic E-state index is -3.33. The van der Waals surface area contributed by atoms with Gasteiger partial charge in [-0.15, -0.1) is 0 Å². The van der Waals surface area contributed by atoms with E-state index >= 15 is 0 Å². The van der Waals surface area contributed by atoms with E-state index < -0.39 is 15.7 Å². The first-order valence-corrected chi connectivity index (χ1v) is 12.1. The van der Waals surface area contributed by atoms with Gasteiger partial charge in [0.15, 0.2) is 21.4 Å². The Hall–Kier alpha value is -2.68. The lowest BCUT2D eigenvalue weighted by molar-refractivity contribution is 0.0606. The molecule has 1 amide bonds. The van der Waals surface area contributed by atoms with E-state index in [0.717, 1.165) is 19.1 Å². The van der Waals surface area contributed by atoms with Crippen molar-refractivity contribution >= 4 is 15.9 Å². The number of amides is 1. The van der Waals surface area contributed by atoms with Crippen LogP contribution < -0.4 is 4.74 Å². The Morgan fingerprint density at radius 2 is 1.94 bits per heavy atom. The van der Waals surface area contributed by atoms with Gasteiger partial charge < -0.3 is 14.4 Å². The summed E-state index contributed by atoms with van der Waals surface area (Å²) in [4.78, 5) is 17.9. The van der Waals surface area contributed by atoms with Crippen LogP contribution in [-0.4, -0.2) is 56.5 Å². The average molecular weight is 451 g/mol. The quantitative estimate of drug-likeness (QED) is 0.663. The molecule has 0 saturated carbocycles. The molecule has 0 unspecified atom stereocenters. The van der Waals surface area contributed by atoms with Gasteiger partial charge in [-0.3, -0.25) is 4.98 Å². The summed E-state index contributed by atoms with van der Waals surface area (Å²) in [5.41, 5.74) is 1.00. The van der Waals surface area contributed by atoms with Gasteiger partial charge in [0.1, 0.15) is 0 Å². The molecular weight excluding hydrogens is 423 g/mol. The van der Waals surface area contributed by atoms with Gasteiger partial charge in [-0.25, -0.2) is 17.6 Å². The minimum absolute atomic E-state index is 0.111. The molecule has 2 heterocycles. The lowest BCUT2D eigenvalue weighted by Crippen LogP contribution is -2.40. The number of benzene rings is 1. The maximum Gasteiger partial charge on any atom is 0.410 e. The maximum absolute atomic E-state index is 14.5. The van der Waals surface area contributed by atoms with Crippen molar-refractivity contribution in [3.63, 3.8) is 0 Å². The molecule has 1 aromatic heterocycles. The molecule has 1 aliphatic rings. The van der Waals surface area contributed by atoms with Crippen LogP contribution in [0.4, 0.5) is 9.18 Å². The second-order valence-corrected chi connectivity index (χ2v) is 9.99. The van der Waals surface area contributed by atoms with E-state index in [4.69, 9.17) is 9.47 Å². The Kier molecular flexibility index (Phi) is 7.15. The Balaban J connectivity index is 1.55. The van der Waals surface area contributed by atoms with Crippen LogP contribution in [0.15, 0.2) is 41.4 Å². The fourth-order valence-electron chi connectivity index (χ4n) is 3.31. The number of likely N-dealkylation sites (tertiary alicyclic amines) is 1. The van der Waals surface area contributed by atoms with Crippen molar-refractivity contribution in [2.45, 2.75) is 37.7 Å². The van der Waals surface area contributed by atoms with Gasteiger partial charge in [0.25, 0.3) is 0 Å². The number of nitrogens with zero attached hydrogens (tertiary/aromatic N) is 2. The zero-order valence-electron chi connectivity index (χ0n) is 17.9. The highest BCUT2D eigenvalue weighted by atomic mass is 32.2. The number of sulfone groups is 1. The van der Waals surface area contributed by atoms with Crippen molar-refractivity contribution in [1.29, 1.82) is 0 Å². The van der Waals surface area contributed by atoms with E-state index in [1.54, 1.807) is 23.1 Å². The van der Waals surface area contributed by atoms with E-state index in [2.05, 4.69) is 4.98 Å². The number of carbonyl (C=O) groups excluding carboxylic acids is 1. The van der Waals surface area contributed by atoms with Crippen LogP contribution in [-0.2, 0) is 14.6 Å². The maximum atomic E-state index is 14.5. The Bertz CT molecular complexity index is 1020. The highest BCUT2D eigenvalue weighted by Crippen LogP contribution is 2.27. The molecule has 0 atom stereocenters. The van der Waals surface area contributed by atoms with Crippen molar-refractivity contribution < 1.29 is 27.1 Å². The molecule has 9 heteroatoms. The van der Waals surface area contributed by atoms with Crippen molar-refractivity contribution in [3.05, 3.63) is 42.3 Å². The molecule has 1 saturated heterocycles. The molecule has 168 valence electrons. The number of rotatable bonds is 6. The Morgan fingerprint density at radius 1 is 1.23 bits per heavy atom. The van der Waals surface area contributed by atoms with E-state index in [0.29, 0.717) is 31.0 Å². The summed E-state index contributed by atoms with van der Waals surface area (Å²) in [6.07, 6.45) is 3.46. The topological polar surface area (TPSA) is 85.8 Å². The number of hydrogen-bond acceptors (Lipinski definition) is 6. The summed E-state index contributed by atoms with van der Waals surface area (Å²) in [6.45, 7) is 5.19. The smallest absolute Gasteiger partial charge is 0.410 e. The summed E-state index contributed by atoms with van der Waals surface area (Å²) in [5.74, 6) is -0.130. The van der Waals surface area contributed by atoms with Gasteiger partial charge >= 0.3 is 6.09 Å². The molecule has 1 aliphatic heterocycles. The van der Waals surface area contributed by atoms with E-state index in [1.165, 1.54) is 18.3 Å². The molecule has 0 N–H and O–H groups in total. The third kappa shape index (κ3) is 6.16. The Morgan fingerprint density at radius 3 is 2.48 bits per heavy atom. The average Bonchev–Trinajstić information content (AvgIpc) is 2.72. The fourth-order valence-corrected chi connectivity index (χ4v) is 3.87. The van der Waals surface area contributed by atoms with Crippen LogP contribution in [0.2, 0.25) is 0 Å². The summed E-state index contributed by atoms with van der Waals surface area (Å²) in [5, 5.41) is 0. The number of pyridine rings is 1. The monoisotopic (exact) mass is 450 g/mol. The molecule has 0 radical (unpaired) electrons. The highest BCUT2D eigenvalue weighted by molar-refractivity contribution is 7.90. The lowest BCUT2D eigenvalue weighted by atomic mass is 9.98. The van der Waals surface area contributed by atoms with Crippen molar-refractivity contribution in [2.24, 2.45) is 5.92 Å². The Labute approximate surface area is 182 Å². The predicted molar refractivity (Wildman–Crippen MR) is 114 cm³/mol. The largest absolute Gasteiger partial charge is 0.490 e. The molecule has 7 nitrogen and oxygen atoms in total. The van der Waals surface area contributed by atoms with Gasteiger partial charge in [-0.2, -0.15) is 0 Å². The first-order chi connectivity index (χ1) is 14.6. The van der Waals surface area contributed by atoms with Crippen LogP contribution >= 0.6 is 0 Å². The van der Waals surface area contributed by atoms with Crippen molar-refractivity contribution in [3.8, 4) is 17.0 Å². The summed E-state index contributed by atoms with van der Waals surface area (Å²) < 4.78 is 48.5. The highest BCUT2D eigenvalue weighted by Gasteiger charge is 2.25. The molecule has 1 aromatic carbocycles. The zero-order valence-corrected chi connectivity index (χ0v) is 18.7. The molecule has 2 aromatic rings. The fraction of sp³-hybridized carbons (Fsp3) is 0.455. The number of carbonyl (C=O) groups is 1. The van der Waals surface area contributed by atoms with Crippen LogP contribution in [0.1, 0.15) is 26.7 Å². The normalized spacial score (nSPS) is 15.2. The first-order valence-electron chi connectivity index (χ1n) is 10.2. The number of hydrogen-bond donors (Lipinski definition) is 0. The van der Waals surface area contributed by atoms with Crippen LogP contribution in [0.3, 0.4) is 0 Å². The number of piperidine rings is 1. The van der Waals surface area contributed by atoms with Gasteiger partial charge in [-0.05, 0) is 62.9 Å². The molecule has 0 spiro atoms. The standard InChI is InChI=1S/C22H27FN2O5S/c1-15(2)30-22(26)25-10-8-16(9-11-25)14-29-21-7-4-17(12-19(21)23)20-6-5-18(13-24-20)31(3,27)28/h4-7,12-13,15-16H,8-11,14H2,1-3H3. The van der Waals surface area contributed by atoms with Gasteiger partial charge in [0.05, 0.1) is 23.3 Å². The third-order valence-electron chi connectivity index (χ3n) is 5.08. The summed E-state index contributed by atoms with van der Waals surface area (Å²) in [6, 6.07) is 7.55. The van der Waals surface area contributed by atoms with Gasteiger partial charge in [-0.1, -0.05) is 0 Å². The molecule has 0 bridgehead atoms. The minimum Gasteiger partial charge on any atom is -0.490 e. The van der Waals surface area contributed by atoms with E-state index in [-0.39, 0.29) is 28.8 Å². The van der Waals surface area contributed by atoms with Crippen LogP contribution in [0.25, 0.3) is 11.3 Å². The second kappa shape index (κ2) is 9.64. The molecule has 31 heavy (non-hydrogen) atoms. The van der Waals surface area contributed by atoms with Gasteiger partial charge in [0.2, 0.25) is 0 Å². The van der Waals surface area contributed by atoms with Gasteiger partial charge in [0, 0.05) is 31.1 Å².